The lowest BCUT2D eigenvalue weighted by molar-refractivity contribution is -0.127. The van der Waals surface area contributed by atoms with E-state index in [9.17, 15) is 4.79 Å². The van der Waals surface area contributed by atoms with Crippen LogP contribution >= 0.6 is 11.6 Å². The number of rotatable bonds is 3. The number of H-pyrrole nitrogens is 1. The highest BCUT2D eigenvalue weighted by atomic mass is 35.5. The summed E-state index contributed by atoms with van der Waals surface area (Å²) < 4.78 is 0. The van der Waals surface area contributed by atoms with Gasteiger partial charge in [-0.3, -0.25) is 4.79 Å². The first-order chi connectivity index (χ1) is 8.72. The third-order valence-corrected chi connectivity index (χ3v) is 3.61. The number of nitrogens with one attached hydrogen (secondary N) is 1. The minimum absolute atomic E-state index is 0.0208. The van der Waals surface area contributed by atoms with Gasteiger partial charge in [0.05, 0.1) is 22.7 Å². The molecule has 1 aliphatic rings. The van der Waals surface area contributed by atoms with Crippen molar-refractivity contribution >= 4 is 28.5 Å². The SMILES string of the molecule is O=C1CC(Cl)CN1CCc1ccc2nc[nH]c2c1. The zero-order chi connectivity index (χ0) is 12.5. The second kappa shape index (κ2) is 4.61. The number of aromatic amines is 1. The van der Waals surface area contributed by atoms with Gasteiger partial charge in [-0.05, 0) is 24.1 Å². The van der Waals surface area contributed by atoms with Crippen LogP contribution in [0.5, 0.6) is 0 Å². The molecule has 2 heterocycles. The Hall–Kier alpha value is -1.55. The van der Waals surface area contributed by atoms with Crippen LogP contribution in [0.1, 0.15) is 12.0 Å². The van der Waals surface area contributed by atoms with E-state index in [1.165, 1.54) is 5.56 Å². The number of halogens is 1. The predicted molar refractivity (Wildman–Crippen MR) is 70.6 cm³/mol. The van der Waals surface area contributed by atoms with E-state index in [2.05, 4.69) is 22.1 Å². The summed E-state index contributed by atoms with van der Waals surface area (Å²) in [5.41, 5.74) is 3.21. The van der Waals surface area contributed by atoms with Crippen molar-refractivity contribution in [2.24, 2.45) is 0 Å². The fraction of sp³-hybridized carbons (Fsp3) is 0.385. The first kappa shape index (κ1) is 11.5. The molecule has 0 aliphatic carbocycles. The van der Waals surface area contributed by atoms with Crippen molar-refractivity contribution in [2.75, 3.05) is 13.1 Å². The molecule has 4 nitrogen and oxygen atoms in total. The number of imidazole rings is 1. The molecule has 3 rings (SSSR count). The molecule has 0 bridgehead atoms. The van der Waals surface area contributed by atoms with Crippen molar-refractivity contribution in [1.82, 2.24) is 14.9 Å². The molecule has 1 aliphatic heterocycles. The Balaban J connectivity index is 1.67. The maximum Gasteiger partial charge on any atom is 0.224 e. The van der Waals surface area contributed by atoms with Crippen molar-refractivity contribution in [3.8, 4) is 0 Å². The van der Waals surface area contributed by atoms with Crippen molar-refractivity contribution in [3.63, 3.8) is 0 Å². The summed E-state index contributed by atoms with van der Waals surface area (Å²) in [6.07, 6.45) is 3.02. The average Bonchev–Trinajstić information content (AvgIpc) is 2.92. The van der Waals surface area contributed by atoms with Gasteiger partial charge in [-0.1, -0.05) is 6.07 Å². The van der Waals surface area contributed by atoms with Crippen LogP contribution in [0, 0.1) is 0 Å². The molecule has 1 fully saturated rings. The van der Waals surface area contributed by atoms with E-state index in [4.69, 9.17) is 11.6 Å². The molecule has 1 atom stereocenters. The summed E-state index contributed by atoms with van der Waals surface area (Å²) in [4.78, 5) is 20.7. The molecular formula is C13H14ClN3O. The monoisotopic (exact) mass is 263 g/mol. The number of nitrogens with zero attached hydrogens (tertiary/aromatic N) is 2. The molecule has 1 aromatic heterocycles. The Labute approximate surface area is 110 Å². The summed E-state index contributed by atoms with van der Waals surface area (Å²) in [6, 6.07) is 6.14. The van der Waals surface area contributed by atoms with Gasteiger partial charge in [-0.2, -0.15) is 0 Å². The van der Waals surface area contributed by atoms with Gasteiger partial charge < -0.3 is 9.88 Å². The third-order valence-electron chi connectivity index (χ3n) is 3.32. The number of hydrogen-bond donors (Lipinski definition) is 1. The van der Waals surface area contributed by atoms with E-state index >= 15 is 0 Å². The van der Waals surface area contributed by atoms with Crippen molar-refractivity contribution in [1.29, 1.82) is 0 Å². The first-order valence-electron chi connectivity index (χ1n) is 6.06. The van der Waals surface area contributed by atoms with Gasteiger partial charge in [0.1, 0.15) is 0 Å². The van der Waals surface area contributed by atoms with Crippen LogP contribution in [0.25, 0.3) is 11.0 Å². The van der Waals surface area contributed by atoms with Gasteiger partial charge in [0.15, 0.2) is 0 Å². The Kier molecular flexibility index (Phi) is 2.96. The maximum atomic E-state index is 11.6. The molecule has 1 amide bonds. The topological polar surface area (TPSA) is 49.0 Å². The number of fused-ring (bicyclic) bond motifs is 1. The van der Waals surface area contributed by atoms with Gasteiger partial charge in [0.25, 0.3) is 0 Å². The highest BCUT2D eigenvalue weighted by Gasteiger charge is 2.27. The Morgan fingerprint density at radius 3 is 3.17 bits per heavy atom. The van der Waals surface area contributed by atoms with Crippen molar-refractivity contribution in [2.45, 2.75) is 18.2 Å². The fourth-order valence-electron chi connectivity index (χ4n) is 2.34. The molecule has 1 unspecified atom stereocenters. The lowest BCUT2D eigenvalue weighted by Gasteiger charge is -2.15. The standard InChI is InChI=1S/C13H14ClN3O/c14-10-6-13(18)17(7-10)4-3-9-1-2-11-12(5-9)16-8-15-11/h1-2,5,8,10H,3-4,6-7H2,(H,15,16). The molecule has 1 saturated heterocycles. The van der Waals surface area contributed by atoms with E-state index in [0.717, 1.165) is 24.0 Å². The molecule has 0 radical (unpaired) electrons. The third kappa shape index (κ3) is 2.20. The van der Waals surface area contributed by atoms with Crippen LogP contribution < -0.4 is 0 Å². The molecule has 94 valence electrons. The zero-order valence-electron chi connectivity index (χ0n) is 9.90. The van der Waals surface area contributed by atoms with E-state index in [-0.39, 0.29) is 11.3 Å². The quantitative estimate of drug-likeness (QED) is 0.861. The highest BCUT2D eigenvalue weighted by Crippen LogP contribution is 2.17. The zero-order valence-corrected chi connectivity index (χ0v) is 10.7. The molecule has 1 aromatic carbocycles. The molecule has 0 spiro atoms. The number of carbonyl (C=O) groups is 1. The number of benzene rings is 1. The van der Waals surface area contributed by atoms with E-state index in [0.29, 0.717) is 13.0 Å². The van der Waals surface area contributed by atoms with Gasteiger partial charge in [0.2, 0.25) is 5.91 Å². The summed E-state index contributed by atoms with van der Waals surface area (Å²) in [5, 5.41) is -0.0208. The van der Waals surface area contributed by atoms with Gasteiger partial charge >= 0.3 is 0 Å². The van der Waals surface area contributed by atoms with Crippen LogP contribution in [0.3, 0.4) is 0 Å². The fourth-order valence-corrected chi connectivity index (χ4v) is 2.64. The van der Waals surface area contributed by atoms with Crippen LogP contribution in [-0.2, 0) is 11.2 Å². The second-order valence-corrected chi connectivity index (χ2v) is 5.26. The van der Waals surface area contributed by atoms with Crippen molar-refractivity contribution in [3.05, 3.63) is 30.1 Å². The van der Waals surface area contributed by atoms with Crippen LogP contribution in [-0.4, -0.2) is 39.2 Å². The molecule has 18 heavy (non-hydrogen) atoms. The van der Waals surface area contributed by atoms with E-state index in [1.807, 2.05) is 11.0 Å². The minimum Gasteiger partial charge on any atom is -0.345 e. The predicted octanol–water partition coefficient (Wildman–Crippen LogP) is 1.95. The smallest absolute Gasteiger partial charge is 0.224 e. The van der Waals surface area contributed by atoms with Crippen LogP contribution in [0.2, 0.25) is 0 Å². The normalized spacial score (nSPS) is 19.9. The van der Waals surface area contributed by atoms with Crippen molar-refractivity contribution < 1.29 is 4.79 Å². The van der Waals surface area contributed by atoms with E-state index < -0.39 is 0 Å². The molecule has 2 aromatic rings. The maximum absolute atomic E-state index is 11.6. The number of hydrogen-bond acceptors (Lipinski definition) is 2. The first-order valence-corrected chi connectivity index (χ1v) is 6.50. The molecule has 1 N–H and O–H groups in total. The number of alkyl halides is 1. The van der Waals surface area contributed by atoms with Gasteiger partial charge in [-0.25, -0.2) is 4.98 Å². The lowest BCUT2D eigenvalue weighted by atomic mass is 10.1. The molecule has 0 saturated carbocycles. The van der Waals surface area contributed by atoms with Gasteiger partial charge in [0, 0.05) is 19.5 Å². The largest absolute Gasteiger partial charge is 0.345 e. The Morgan fingerprint density at radius 2 is 2.39 bits per heavy atom. The van der Waals surface area contributed by atoms with Crippen LogP contribution in [0.4, 0.5) is 0 Å². The minimum atomic E-state index is -0.0208. The van der Waals surface area contributed by atoms with Gasteiger partial charge in [-0.15, -0.1) is 11.6 Å². The summed E-state index contributed by atoms with van der Waals surface area (Å²) in [7, 11) is 0. The molecule has 5 heteroatoms. The van der Waals surface area contributed by atoms with Crippen LogP contribution in [0.15, 0.2) is 24.5 Å². The number of aromatic nitrogens is 2. The summed E-state index contributed by atoms with van der Waals surface area (Å²) >= 11 is 5.97. The average molecular weight is 264 g/mol. The lowest BCUT2D eigenvalue weighted by Crippen LogP contribution is -2.27. The highest BCUT2D eigenvalue weighted by molar-refractivity contribution is 6.22. The summed E-state index contributed by atoms with van der Waals surface area (Å²) in [5.74, 6) is 0.164. The Bertz CT molecular complexity index is 580. The number of carbonyl (C=O) groups excluding carboxylic acids is 1. The number of amides is 1. The Morgan fingerprint density at radius 1 is 1.50 bits per heavy atom. The molecular weight excluding hydrogens is 250 g/mol. The second-order valence-electron chi connectivity index (χ2n) is 4.65. The van der Waals surface area contributed by atoms with E-state index in [1.54, 1.807) is 6.33 Å². The number of likely N-dealkylation sites (tertiary alicyclic amines) is 1. The summed E-state index contributed by atoms with van der Waals surface area (Å²) in [6.45, 7) is 1.41.